The summed E-state index contributed by atoms with van der Waals surface area (Å²) in [5.74, 6) is 1.83. The van der Waals surface area contributed by atoms with Crippen molar-refractivity contribution in [2.24, 2.45) is 0 Å². The number of fused-ring (bicyclic) bond motifs is 14. The van der Waals surface area contributed by atoms with E-state index in [1.165, 1.54) is 93.9 Å². The zero-order chi connectivity index (χ0) is 34.0. The molecule has 52 heavy (non-hydrogen) atoms. The molecule has 1 heteroatoms. The van der Waals surface area contributed by atoms with Gasteiger partial charge in [0.25, 0.3) is 0 Å². The molecule has 0 aromatic heterocycles. The highest BCUT2D eigenvalue weighted by Crippen LogP contribution is 2.64. The minimum absolute atomic E-state index is 0.387. The summed E-state index contributed by atoms with van der Waals surface area (Å²) >= 11 is 0. The molecule has 0 radical (unpaired) electrons. The highest BCUT2D eigenvalue weighted by molar-refractivity contribution is 6.10. The molecule has 1 atom stereocenters. The predicted octanol–water partition coefficient (Wildman–Crippen LogP) is 13.4. The third-order valence-electron chi connectivity index (χ3n) is 11.9. The fraction of sp³-hybridized carbons (Fsp3) is 0.0196. The minimum Gasteiger partial charge on any atom is -0.456 e. The summed E-state index contributed by atoms with van der Waals surface area (Å²) in [4.78, 5) is 0. The summed E-state index contributed by atoms with van der Waals surface area (Å²) in [6, 6.07) is 67.2. The minimum atomic E-state index is -0.387. The molecule has 1 spiro atoms. The molecule has 0 N–H and O–H groups in total. The van der Waals surface area contributed by atoms with Gasteiger partial charge in [-0.3, -0.25) is 0 Å². The molecule has 240 valence electrons. The first-order chi connectivity index (χ1) is 25.8. The number of para-hydroxylation sites is 1. The van der Waals surface area contributed by atoms with Gasteiger partial charge >= 0.3 is 0 Å². The van der Waals surface area contributed by atoms with Gasteiger partial charge in [-0.05, 0) is 107 Å². The summed E-state index contributed by atoms with van der Waals surface area (Å²) in [6.07, 6.45) is 0. The first-order valence-corrected chi connectivity index (χ1v) is 18.1. The summed E-state index contributed by atoms with van der Waals surface area (Å²) in [5.41, 5.74) is 17.6. The number of hydrogen-bond acceptors (Lipinski definition) is 1. The van der Waals surface area contributed by atoms with Gasteiger partial charge < -0.3 is 4.74 Å². The number of ether oxygens (including phenoxy) is 1. The topological polar surface area (TPSA) is 9.23 Å². The Morgan fingerprint density at radius 3 is 1.85 bits per heavy atom. The van der Waals surface area contributed by atoms with Gasteiger partial charge in [0.1, 0.15) is 11.5 Å². The van der Waals surface area contributed by atoms with Crippen LogP contribution in [0.2, 0.25) is 0 Å². The Kier molecular flexibility index (Phi) is 5.49. The zero-order valence-corrected chi connectivity index (χ0v) is 28.2. The fourth-order valence-electron chi connectivity index (χ4n) is 9.76. The normalized spacial score (nSPS) is 15.5. The average molecular weight is 659 g/mol. The van der Waals surface area contributed by atoms with Crippen LogP contribution in [0.1, 0.15) is 22.3 Å². The first-order valence-electron chi connectivity index (χ1n) is 18.1. The molecule has 1 heterocycles. The first kappa shape index (κ1) is 28.0. The molecule has 0 amide bonds. The van der Waals surface area contributed by atoms with Gasteiger partial charge in [-0.1, -0.05) is 164 Å². The molecule has 0 fully saturated rings. The van der Waals surface area contributed by atoms with Crippen molar-refractivity contribution in [3.05, 3.63) is 204 Å². The Hall–Kier alpha value is -6.70. The molecule has 12 rings (SSSR count). The second-order valence-electron chi connectivity index (χ2n) is 14.3. The zero-order valence-electron chi connectivity index (χ0n) is 28.2. The third kappa shape index (κ3) is 3.52. The number of rotatable bonds is 2. The van der Waals surface area contributed by atoms with E-state index >= 15 is 0 Å². The largest absolute Gasteiger partial charge is 0.456 e. The quantitative estimate of drug-likeness (QED) is 0.180. The van der Waals surface area contributed by atoms with E-state index in [-0.39, 0.29) is 5.41 Å². The Morgan fingerprint density at radius 2 is 0.962 bits per heavy atom. The highest BCUT2D eigenvalue weighted by atomic mass is 16.5. The molecule has 2 aliphatic carbocycles. The SMILES string of the molecule is c1ccc2c(c1)Oc1ccc(-c3ccc(-c4ccc5c(c4)C4(c6ccccc6-5)c5ccccc5-c5c4ccc4ccccc54)cc3)c3cccc-2c13. The lowest BCUT2D eigenvalue weighted by Crippen LogP contribution is -2.25. The molecule has 1 nitrogen and oxygen atoms in total. The van der Waals surface area contributed by atoms with Crippen molar-refractivity contribution in [3.63, 3.8) is 0 Å². The van der Waals surface area contributed by atoms with Crippen LogP contribution in [0.15, 0.2) is 182 Å². The van der Waals surface area contributed by atoms with Gasteiger partial charge in [0.15, 0.2) is 0 Å². The lowest BCUT2D eigenvalue weighted by molar-refractivity contribution is 0.487. The summed E-state index contributed by atoms with van der Waals surface area (Å²) in [5, 5.41) is 4.98. The van der Waals surface area contributed by atoms with E-state index in [9.17, 15) is 0 Å². The molecule has 1 unspecified atom stereocenters. The Balaban J connectivity index is 1.02. The summed E-state index contributed by atoms with van der Waals surface area (Å²) in [7, 11) is 0. The van der Waals surface area contributed by atoms with E-state index in [2.05, 4.69) is 176 Å². The van der Waals surface area contributed by atoms with Crippen molar-refractivity contribution in [1.82, 2.24) is 0 Å². The maximum Gasteiger partial charge on any atom is 0.135 e. The predicted molar refractivity (Wildman–Crippen MR) is 214 cm³/mol. The molecular formula is C51H30O. The Labute approximate surface area is 302 Å². The van der Waals surface area contributed by atoms with Crippen LogP contribution in [0.5, 0.6) is 11.5 Å². The van der Waals surface area contributed by atoms with E-state index < -0.39 is 0 Å². The molecule has 0 saturated heterocycles. The lowest BCUT2D eigenvalue weighted by Gasteiger charge is -2.31. The molecule has 0 bridgehead atoms. The highest BCUT2D eigenvalue weighted by Gasteiger charge is 2.52. The van der Waals surface area contributed by atoms with Crippen LogP contribution in [-0.4, -0.2) is 0 Å². The second kappa shape index (κ2) is 10.2. The van der Waals surface area contributed by atoms with E-state index in [1.54, 1.807) is 0 Å². The van der Waals surface area contributed by atoms with Crippen molar-refractivity contribution in [1.29, 1.82) is 0 Å². The van der Waals surface area contributed by atoms with Gasteiger partial charge in [-0.15, -0.1) is 0 Å². The standard InChI is InChI=1S/C51H30O/c1-2-11-36-32(10-1)25-28-45-49(36)42-14-4-7-18-44(42)51(45)43-17-6-3-12-37(43)38-26-24-34(30-46(38)51)31-20-22-33(23-21-31)35-27-29-48-50-40(35)15-9-16-41(50)39-13-5-8-19-47(39)52-48/h1-30H. The van der Waals surface area contributed by atoms with E-state index in [4.69, 9.17) is 4.74 Å². The van der Waals surface area contributed by atoms with Crippen LogP contribution in [0.3, 0.4) is 0 Å². The maximum atomic E-state index is 6.38. The van der Waals surface area contributed by atoms with Crippen molar-refractivity contribution < 1.29 is 4.74 Å². The maximum absolute atomic E-state index is 6.38. The van der Waals surface area contributed by atoms with E-state index in [1.807, 2.05) is 6.07 Å². The van der Waals surface area contributed by atoms with Crippen LogP contribution in [0, 0.1) is 0 Å². The smallest absolute Gasteiger partial charge is 0.135 e. The number of hydrogen-bond donors (Lipinski definition) is 0. The van der Waals surface area contributed by atoms with Gasteiger partial charge in [0.2, 0.25) is 0 Å². The van der Waals surface area contributed by atoms with Crippen LogP contribution < -0.4 is 4.74 Å². The van der Waals surface area contributed by atoms with Gasteiger partial charge in [-0.25, -0.2) is 0 Å². The third-order valence-corrected chi connectivity index (χ3v) is 11.9. The average Bonchev–Trinajstić information content (AvgIpc) is 3.68. The molecule has 1 aliphatic heterocycles. The van der Waals surface area contributed by atoms with Crippen LogP contribution >= 0.6 is 0 Å². The molecule has 9 aromatic rings. The molecule has 0 saturated carbocycles. The summed E-state index contributed by atoms with van der Waals surface area (Å²) < 4.78 is 6.38. The molecule has 9 aromatic carbocycles. The second-order valence-corrected chi connectivity index (χ2v) is 14.3. The van der Waals surface area contributed by atoms with Gasteiger partial charge in [0.05, 0.1) is 5.41 Å². The van der Waals surface area contributed by atoms with Gasteiger partial charge in [0, 0.05) is 10.9 Å². The van der Waals surface area contributed by atoms with Crippen molar-refractivity contribution in [2.45, 2.75) is 5.41 Å². The molecular weight excluding hydrogens is 629 g/mol. The Bertz CT molecular complexity index is 2990. The fourth-order valence-corrected chi connectivity index (χ4v) is 9.76. The summed E-state index contributed by atoms with van der Waals surface area (Å²) in [6.45, 7) is 0. The van der Waals surface area contributed by atoms with E-state index in [0.717, 1.165) is 17.1 Å². The van der Waals surface area contributed by atoms with Crippen molar-refractivity contribution in [2.75, 3.05) is 0 Å². The van der Waals surface area contributed by atoms with E-state index in [0.29, 0.717) is 0 Å². The van der Waals surface area contributed by atoms with Crippen LogP contribution in [-0.2, 0) is 5.41 Å². The van der Waals surface area contributed by atoms with Crippen molar-refractivity contribution >= 4 is 21.5 Å². The lowest BCUT2D eigenvalue weighted by atomic mass is 9.70. The number of benzene rings is 9. The monoisotopic (exact) mass is 658 g/mol. The van der Waals surface area contributed by atoms with Crippen molar-refractivity contribution in [3.8, 4) is 67.1 Å². The van der Waals surface area contributed by atoms with Crippen LogP contribution in [0.25, 0.3) is 77.2 Å². The molecule has 3 aliphatic rings. The van der Waals surface area contributed by atoms with Gasteiger partial charge in [-0.2, -0.15) is 0 Å². The Morgan fingerprint density at radius 1 is 0.327 bits per heavy atom. The van der Waals surface area contributed by atoms with Crippen LogP contribution in [0.4, 0.5) is 0 Å².